The summed E-state index contributed by atoms with van der Waals surface area (Å²) in [4.78, 5) is 11.6. The van der Waals surface area contributed by atoms with Gasteiger partial charge in [0.1, 0.15) is 16.5 Å². The summed E-state index contributed by atoms with van der Waals surface area (Å²) in [5.74, 6) is 2.57. The lowest BCUT2D eigenvalue weighted by molar-refractivity contribution is 1.07. The Labute approximate surface area is 126 Å². The van der Waals surface area contributed by atoms with Crippen LogP contribution in [0.3, 0.4) is 0 Å². The molecule has 0 bridgehead atoms. The number of thiophene rings is 1. The molecule has 0 spiro atoms. The smallest absolute Gasteiger partial charge is 0.142 e. The van der Waals surface area contributed by atoms with E-state index in [0.717, 1.165) is 27.6 Å². The lowest BCUT2D eigenvalue weighted by atomic mass is 10.2. The van der Waals surface area contributed by atoms with Crippen LogP contribution in [-0.2, 0) is 5.75 Å². The maximum atomic E-state index is 4.64. The molecule has 0 aliphatic heterocycles. The SMILES string of the molecule is CNc1nc(CSc2ccccc2C)nc2sccc12. The molecule has 0 unspecified atom stereocenters. The summed E-state index contributed by atoms with van der Waals surface area (Å²) in [7, 11) is 1.90. The number of nitrogens with zero attached hydrogens (tertiary/aromatic N) is 2. The average Bonchev–Trinajstić information content (AvgIpc) is 2.94. The second-order valence-corrected chi connectivity index (χ2v) is 6.34. The quantitative estimate of drug-likeness (QED) is 0.728. The fraction of sp³-hybridized carbons (Fsp3) is 0.200. The van der Waals surface area contributed by atoms with Crippen LogP contribution in [0.5, 0.6) is 0 Å². The molecule has 102 valence electrons. The number of nitrogens with one attached hydrogen (secondary N) is 1. The van der Waals surface area contributed by atoms with Crippen molar-refractivity contribution in [3.8, 4) is 0 Å². The topological polar surface area (TPSA) is 37.8 Å². The summed E-state index contributed by atoms with van der Waals surface area (Å²) >= 11 is 3.44. The predicted molar refractivity (Wildman–Crippen MR) is 87.7 cm³/mol. The molecule has 3 rings (SSSR count). The number of anilines is 1. The molecule has 0 amide bonds. The molecular weight excluding hydrogens is 286 g/mol. The zero-order valence-electron chi connectivity index (χ0n) is 11.4. The van der Waals surface area contributed by atoms with Crippen LogP contribution in [0.2, 0.25) is 0 Å². The number of hydrogen-bond donors (Lipinski definition) is 1. The normalized spacial score (nSPS) is 10.9. The van der Waals surface area contributed by atoms with E-state index in [1.54, 1.807) is 23.1 Å². The maximum absolute atomic E-state index is 4.64. The summed E-state index contributed by atoms with van der Waals surface area (Å²) in [5, 5.41) is 6.31. The molecule has 2 aromatic heterocycles. The van der Waals surface area contributed by atoms with E-state index < -0.39 is 0 Å². The molecule has 1 aromatic carbocycles. The minimum absolute atomic E-state index is 0.785. The van der Waals surface area contributed by atoms with Crippen molar-refractivity contribution in [3.05, 3.63) is 47.1 Å². The van der Waals surface area contributed by atoms with Crippen LogP contribution in [0.15, 0.2) is 40.6 Å². The van der Waals surface area contributed by atoms with Gasteiger partial charge in [0.25, 0.3) is 0 Å². The van der Waals surface area contributed by atoms with Crippen molar-refractivity contribution in [3.63, 3.8) is 0 Å². The number of fused-ring (bicyclic) bond motifs is 1. The first kappa shape index (κ1) is 13.4. The molecule has 3 nitrogen and oxygen atoms in total. The van der Waals surface area contributed by atoms with Gasteiger partial charge in [0, 0.05) is 11.9 Å². The maximum Gasteiger partial charge on any atom is 0.142 e. The van der Waals surface area contributed by atoms with Crippen molar-refractivity contribution in [2.75, 3.05) is 12.4 Å². The van der Waals surface area contributed by atoms with Gasteiger partial charge in [-0.05, 0) is 30.0 Å². The summed E-state index contributed by atoms with van der Waals surface area (Å²) < 4.78 is 0. The van der Waals surface area contributed by atoms with Crippen molar-refractivity contribution in [2.45, 2.75) is 17.6 Å². The van der Waals surface area contributed by atoms with Gasteiger partial charge in [-0.2, -0.15) is 0 Å². The predicted octanol–water partition coefficient (Wildman–Crippen LogP) is 4.33. The minimum atomic E-state index is 0.785. The largest absolute Gasteiger partial charge is 0.372 e. The molecule has 0 radical (unpaired) electrons. The van der Waals surface area contributed by atoms with Crippen LogP contribution < -0.4 is 5.32 Å². The Morgan fingerprint density at radius 1 is 1.20 bits per heavy atom. The van der Waals surface area contributed by atoms with E-state index in [9.17, 15) is 0 Å². The van der Waals surface area contributed by atoms with E-state index >= 15 is 0 Å². The summed E-state index contributed by atoms with van der Waals surface area (Å²) in [6, 6.07) is 10.5. The fourth-order valence-electron chi connectivity index (χ4n) is 2.02. The lowest BCUT2D eigenvalue weighted by Gasteiger charge is -2.07. The van der Waals surface area contributed by atoms with Crippen LogP contribution in [0.25, 0.3) is 10.2 Å². The van der Waals surface area contributed by atoms with Crippen LogP contribution in [-0.4, -0.2) is 17.0 Å². The number of rotatable bonds is 4. The van der Waals surface area contributed by atoms with Crippen molar-refractivity contribution < 1.29 is 0 Å². The van der Waals surface area contributed by atoms with Crippen molar-refractivity contribution in [1.82, 2.24) is 9.97 Å². The number of aryl methyl sites for hydroxylation is 1. The molecule has 1 N–H and O–H groups in total. The highest BCUT2D eigenvalue weighted by Crippen LogP contribution is 2.28. The van der Waals surface area contributed by atoms with Gasteiger partial charge in [0.15, 0.2) is 0 Å². The van der Waals surface area contributed by atoms with Gasteiger partial charge in [0.2, 0.25) is 0 Å². The zero-order chi connectivity index (χ0) is 13.9. The van der Waals surface area contributed by atoms with E-state index in [2.05, 4.69) is 57.9 Å². The van der Waals surface area contributed by atoms with Crippen molar-refractivity contribution in [1.29, 1.82) is 0 Å². The molecule has 0 saturated carbocycles. The Morgan fingerprint density at radius 2 is 2.05 bits per heavy atom. The monoisotopic (exact) mass is 301 g/mol. The standard InChI is InChI=1S/C15H15N3S2/c1-10-5-3-4-6-12(10)20-9-13-17-14(16-2)11-7-8-19-15(11)18-13/h3-8H,9H2,1-2H3,(H,16,17,18). The lowest BCUT2D eigenvalue weighted by Crippen LogP contribution is -1.99. The van der Waals surface area contributed by atoms with E-state index in [1.807, 2.05) is 7.05 Å². The highest BCUT2D eigenvalue weighted by molar-refractivity contribution is 7.98. The van der Waals surface area contributed by atoms with E-state index in [-0.39, 0.29) is 0 Å². The van der Waals surface area contributed by atoms with Gasteiger partial charge in [-0.3, -0.25) is 0 Å². The molecule has 0 aliphatic carbocycles. The molecule has 0 fully saturated rings. The Kier molecular flexibility index (Phi) is 3.89. The zero-order valence-corrected chi connectivity index (χ0v) is 13.0. The third-order valence-corrected chi connectivity index (χ3v) is 5.04. The van der Waals surface area contributed by atoms with E-state index in [4.69, 9.17) is 0 Å². The Hall–Kier alpha value is -1.59. The third-order valence-electron chi connectivity index (χ3n) is 3.06. The van der Waals surface area contributed by atoms with E-state index in [0.29, 0.717) is 0 Å². The van der Waals surface area contributed by atoms with Crippen molar-refractivity contribution >= 4 is 39.1 Å². The van der Waals surface area contributed by atoms with Gasteiger partial charge in [-0.15, -0.1) is 23.1 Å². The Bertz CT molecular complexity index is 737. The molecule has 2 heterocycles. The van der Waals surface area contributed by atoms with Gasteiger partial charge >= 0.3 is 0 Å². The van der Waals surface area contributed by atoms with Gasteiger partial charge in [-0.25, -0.2) is 9.97 Å². The average molecular weight is 301 g/mol. The molecule has 20 heavy (non-hydrogen) atoms. The van der Waals surface area contributed by atoms with Crippen LogP contribution in [0, 0.1) is 6.92 Å². The number of aromatic nitrogens is 2. The molecule has 5 heteroatoms. The highest BCUT2D eigenvalue weighted by atomic mass is 32.2. The Balaban J connectivity index is 1.86. The van der Waals surface area contributed by atoms with Gasteiger partial charge in [0.05, 0.1) is 11.1 Å². The fourth-order valence-corrected chi connectivity index (χ4v) is 3.68. The second kappa shape index (κ2) is 5.81. The third kappa shape index (κ3) is 2.64. The first-order valence-electron chi connectivity index (χ1n) is 6.38. The van der Waals surface area contributed by atoms with Crippen LogP contribution >= 0.6 is 23.1 Å². The highest BCUT2D eigenvalue weighted by Gasteiger charge is 2.08. The molecule has 0 aliphatic rings. The number of benzene rings is 1. The van der Waals surface area contributed by atoms with Crippen LogP contribution in [0.4, 0.5) is 5.82 Å². The van der Waals surface area contributed by atoms with Crippen molar-refractivity contribution in [2.24, 2.45) is 0 Å². The summed E-state index contributed by atoms with van der Waals surface area (Å²) in [6.07, 6.45) is 0. The number of thioether (sulfide) groups is 1. The second-order valence-electron chi connectivity index (χ2n) is 4.43. The molecule has 0 atom stereocenters. The first-order chi connectivity index (χ1) is 9.78. The molecular formula is C15H15N3S2. The van der Waals surface area contributed by atoms with E-state index in [1.165, 1.54) is 10.5 Å². The minimum Gasteiger partial charge on any atom is -0.372 e. The summed E-state index contributed by atoms with van der Waals surface area (Å²) in [6.45, 7) is 2.13. The van der Waals surface area contributed by atoms with Crippen LogP contribution in [0.1, 0.15) is 11.4 Å². The van der Waals surface area contributed by atoms with Gasteiger partial charge < -0.3 is 5.32 Å². The molecule has 3 aromatic rings. The van der Waals surface area contributed by atoms with Gasteiger partial charge in [-0.1, -0.05) is 18.2 Å². The number of hydrogen-bond acceptors (Lipinski definition) is 5. The summed E-state index contributed by atoms with van der Waals surface area (Å²) in [5.41, 5.74) is 1.29. The first-order valence-corrected chi connectivity index (χ1v) is 8.25. The molecule has 0 saturated heterocycles. The Morgan fingerprint density at radius 3 is 2.85 bits per heavy atom.